The van der Waals surface area contributed by atoms with E-state index in [1.54, 1.807) is 4.90 Å². The van der Waals surface area contributed by atoms with Gasteiger partial charge in [-0.25, -0.2) is 0 Å². The van der Waals surface area contributed by atoms with Crippen molar-refractivity contribution < 1.29 is 14.3 Å². The van der Waals surface area contributed by atoms with Crippen molar-refractivity contribution in [2.24, 2.45) is 11.8 Å². The van der Waals surface area contributed by atoms with Gasteiger partial charge >= 0.3 is 5.97 Å². The molecule has 1 N–H and O–H groups in total. The third kappa shape index (κ3) is 3.56. The standard InChI is InChI=1S/C18H27N3O3/c1-12(22)24-16-6-13-8-18(2,9-14(13)7-16)20-11-17(23)21-5-3-4-15(21)10-19/h13-16,20H,3-9,11H2,1-2H3/t13-,14+,15-,16+,18+/m0/s1. The fraction of sp³-hybridized carbons (Fsp3) is 0.833. The summed E-state index contributed by atoms with van der Waals surface area (Å²) in [7, 11) is 0. The van der Waals surface area contributed by atoms with Crippen molar-refractivity contribution in [1.29, 1.82) is 5.26 Å². The molecule has 0 aromatic rings. The van der Waals surface area contributed by atoms with Crippen molar-refractivity contribution in [3.63, 3.8) is 0 Å². The quantitative estimate of drug-likeness (QED) is 0.790. The first kappa shape index (κ1) is 17.2. The Morgan fingerprint density at radius 2 is 2.00 bits per heavy atom. The number of hydrogen-bond acceptors (Lipinski definition) is 5. The van der Waals surface area contributed by atoms with Crippen LogP contribution in [-0.2, 0) is 14.3 Å². The number of esters is 1. The zero-order valence-corrected chi connectivity index (χ0v) is 14.6. The van der Waals surface area contributed by atoms with Gasteiger partial charge in [0.05, 0.1) is 12.6 Å². The summed E-state index contributed by atoms with van der Waals surface area (Å²) < 4.78 is 5.35. The van der Waals surface area contributed by atoms with E-state index >= 15 is 0 Å². The van der Waals surface area contributed by atoms with Crippen LogP contribution >= 0.6 is 0 Å². The first-order chi connectivity index (χ1) is 11.4. The van der Waals surface area contributed by atoms with Crippen LogP contribution in [-0.4, -0.2) is 47.6 Å². The molecule has 0 radical (unpaired) electrons. The largest absolute Gasteiger partial charge is 0.463 e. The van der Waals surface area contributed by atoms with Gasteiger partial charge in [0, 0.05) is 19.0 Å². The van der Waals surface area contributed by atoms with Gasteiger partial charge in [-0.15, -0.1) is 0 Å². The Balaban J connectivity index is 1.48. The number of nitrogens with one attached hydrogen (secondary N) is 1. The average molecular weight is 333 g/mol. The molecule has 1 heterocycles. The molecule has 1 amide bonds. The van der Waals surface area contributed by atoms with Crippen LogP contribution in [0.5, 0.6) is 0 Å². The van der Waals surface area contributed by atoms with Crippen LogP contribution in [0.4, 0.5) is 0 Å². The minimum atomic E-state index is -0.250. The van der Waals surface area contributed by atoms with Crippen LogP contribution in [0.3, 0.4) is 0 Å². The molecule has 1 saturated heterocycles. The van der Waals surface area contributed by atoms with Gasteiger partial charge in [0.1, 0.15) is 12.1 Å². The fourth-order valence-electron chi connectivity index (χ4n) is 4.96. The number of fused-ring (bicyclic) bond motifs is 1. The molecule has 3 aliphatic rings. The molecule has 0 unspecified atom stereocenters. The summed E-state index contributed by atoms with van der Waals surface area (Å²) in [6.45, 7) is 4.66. The Labute approximate surface area is 143 Å². The lowest BCUT2D eigenvalue weighted by atomic mass is 9.95. The zero-order chi connectivity index (χ0) is 17.3. The molecule has 24 heavy (non-hydrogen) atoms. The second-order valence-corrected chi connectivity index (χ2v) is 7.92. The first-order valence-electron chi connectivity index (χ1n) is 9.01. The molecule has 2 aliphatic carbocycles. The van der Waals surface area contributed by atoms with Gasteiger partial charge in [-0.3, -0.25) is 9.59 Å². The Hall–Kier alpha value is -1.61. The van der Waals surface area contributed by atoms with E-state index in [0.717, 1.165) is 38.5 Å². The summed E-state index contributed by atoms with van der Waals surface area (Å²) in [5.41, 5.74) is -0.0337. The van der Waals surface area contributed by atoms with E-state index in [-0.39, 0.29) is 29.6 Å². The van der Waals surface area contributed by atoms with Crippen LogP contribution in [0.1, 0.15) is 52.4 Å². The number of nitriles is 1. The predicted molar refractivity (Wildman–Crippen MR) is 87.8 cm³/mol. The van der Waals surface area contributed by atoms with Gasteiger partial charge in [-0.2, -0.15) is 5.26 Å². The second kappa shape index (κ2) is 6.72. The summed E-state index contributed by atoms with van der Waals surface area (Å²) in [5, 5.41) is 12.6. The molecule has 1 aliphatic heterocycles. The Bertz CT molecular complexity index is 542. The Kier molecular flexibility index (Phi) is 4.82. The van der Waals surface area contributed by atoms with Gasteiger partial charge in [-0.1, -0.05) is 0 Å². The molecule has 5 atom stereocenters. The molecule has 0 aromatic heterocycles. The number of likely N-dealkylation sites (tertiary alicyclic amines) is 1. The van der Waals surface area contributed by atoms with Gasteiger partial charge in [0.2, 0.25) is 5.91 Å². The lowest BCUT2D eigenvalue weighted by molar-refractivity contribution is -0.146. The lowest BCUT2D eigenvalue weighted by Crippen LogP contribution is -2.48. The highest BCUT2D eigenvalue weighted by atomic mass is 16.5. The smallest absolute Gasteiger partial charge is 0.302 e. The van der Waals surface area contributed by atoms with Crippen LogP contribution in [0.25, 0.3) is 0 Å². The minimum Gasteiger partial charge on any atom is -0.463 e. The van der Waals surface area contributed by atoms with Crippen molar-refractivity contribution in [2.45, 2.75) is 70.1 Å². The Morgan fingerprint density at radius 1 is 1.33 bits per heavy atom. The summed E-state index contributed by atoms with van der Waals surface area (Å²) >= 11 is 0. The number of carbonyl (C=O) groups is 2. The minimum absolute atomic E-state index is 0.0337. The van der Waals surface area contributed by atoms with Gasteiger partial charge in [-0.05, 0) is 57.3 Å². The number of carbonyl (C=O) groups excluding carboxylic acids is 2. The molecule has 132 valence electrons. The maximum atomic E-state index is 12.4. The van der Waals surface area contributed by atoms with Gasteiger partial charge < -0.3 is 15.0 Å². The molecule has 6 nitrogen and oxygen atoms in total. The van der Waals surface area contributed by atoms with E-state index < -0.39 is 0 Å². The van der Waals surface area contributed by atoms with Crippen LogP contribution < -0.4 is 5.32 Å². The number of ether oxygens (including phenoxy) is 1. The summed E-state index contributed by atoms with van der Waals surface area (Å²) in [6, 6.07) is 1.97. The fourth-order valence-corrected chi connectivity index (χ4v) is 4.96. The van der Waals surface area contributed by atoms with Crippen molar-refractivity contribution >= 4 is 11.9 Å². The molecule has 3 rings (SSSR count). The first-order valence-corrected chi connectivity index (χ1v) is 9.01. The average Bonchev–Trinajstić information content (AvgIpc) is 3.17. The number of amides is 1. The maximum absolute atomic E-state index is 12.4. The highest BCUT2D eigenvalue weighted by molar-refractivity contribution is 5.79. The van der Waals surface area contributed by atoms with Gasteiger partial charge in [0.25, 0.3) is 0 Å². The van der Waals surface area contributed by atoms with Gasteiger partial charge in [0.15, 0.2) is 0 Å². The lowest BCUT2D eigenvalue weighted by Gasteiger charge is -2.29. The number of nitrogens with zero attached hydrogens (tertiary/aromatic N) is 2. The van der Waals surface area contributed by atoms with Crippen molar-refractivity contribution in [3.05, 3.63) is 0 Å². The third-order valence-corrected chi connectivity index (χ3v) is 5.94. The highest BCUT2D eigenvalue weighted by Gasteiger charge is 2.48. The molecule has 3 fully saturated rings. The summed E-state index contributed by atoms with van der Waals surface area (Å²) in [5.74, 6) is 0.987. The summed E-state index contributed by atoms with van der Waals surface area (Å²) in [6.07, 6.45) is 5.71. The molecular formula is C18H27N3O3. The predicted octanol–water partition coefficient (Wildman–Crippen LogP) is 1.60. The monoisotopic (exact) mass is 333 g/mol. The topological polar surface area (TPSA) is 82.4 Å². The summed E-state index contributed by atoms with van der Waals surface area (Å²) in [4.78, 5) is 25.2. The van der Waals surface area contributed by atoms with Crippen molar-refractivity contribution in [2.75, 3.05) is 13.1 Å². The third-order valence-electron chi connectivity index (χ3n) is 5.94. The molecule has 0 aromatic carbocycles. The van der Waals surface area contributed by atoms with Crippen LogP contribution in [0.2, 0.25) is 0 Å². The highest BCUT2D eigenvalue weighted by Crippen LogP contribution is 2.49. The van der Waals surface area contributed by atoms with E-state index in [0.29, 0.717) is 24.9 Å². The second-order valence-electron chi connectivity index (χ2n) is 7.92. The van der Waals surface area contributed by atoms with Crippen molar-refractivity contribution in [3.8, 4) is 6.07 Å². The van der Waals surface area contributed by atoms with E-state index in [1.165, 1.54) is 6.92 Å². The maximum Gasteiger partial charge on any atom is 0.302 e. The van der Waals surface area contributed by atoms with E-state index in [4.69, 9.17) is 10.00 Å². The molecule has 0 bridgehead atoms. The number of rotatable bonds is 4. The van der Waals surface area contributed by atoms with Crippen LogP contribution in [0.15, 0.2) is 0 Å². The molecular weight excluding hydrogens is 306 g/mol. The van der Waals surface area contributed by atoms with E-state index in [1.807, 2.05) is 0 Å². The SMILES string of the molecule is CC(=O)O[C@H]1C[C@@H]2C[C@](C)(NCC(=O)N3CCC[C@H]3C#N)C[C@@H]2C1. The molecule has 6 heteroatoms. The number of hydrogen-bond donors (Lipinski definition) is 1. The van der Waals surface area contributed by atoms with Crippen molar-refractivity contribution in [1.82, 2.24) is 10.2 Å². The Morgan fingerprint density at radius 3 is 2.58 bits per heavy atom. The van der Waals surface area contributed by atoms with Crippen LogP contribution in [0, 0.1) is 23.2 Å². The zero-order valence-electron chi connectivity index (χ0n) is 14.6. The normalized spacial score (nSPS) is 38.0. The van der Waals surface area contributed by atoms with E-state index in [2.05, 4.69) is 18.3 Å². The molecule has 0 spiro atoms. The molecule has 2 saturated carbocycles. The van der Waals surface area contributed by atoms with E-state index in [9.17, 15) is 9.59 Å².